The summed E-state index contributed by atoms with van der Waals surface area (Å²) in [6.45, 7) is 1.58. The van der Waals surface area contributed by atoms with Crippen LogP contribution < -0.4 is 5.32 Å². The van der Waals surface area contributed by atoms with Crippen molar-refractivity contribution in [2.24, 2.45) is 7.05 Å². The van der Waals surface area contributed by atoms with Gasteiger partial charge in [-0.2, -0.15) is 0 Å². The van der Waals surface area contributed by atoms with Crippen LogP contribution in [0.3, 0.4) is 0 Å². The molecule has 0 saturated heterocycles. The van der Waals surface area contributed by atoms with E-state index < -0.39 is 0 Å². The molecular weight excluding hydrogens is 196 g/mol. The summed E-state index contributed by atoms with van der Waals surface area (Å²) < 4.78 is 2.01. The molecule has 2 rings (SSSR count). The second kappa shape index (κ2) is 4.34. The Bertz CT molecular complexity index is 379. The molecular formula is C9H12N4S. The normalized spacial score (nSPS) is 10.6. The Morgan fingerprint density at radius 2 is 2.36 bits per heavy atom. The number of aryl methyl sites for hydroxylation is 1. The quantitative estimate of drug-likeness (QED) is 0.820. The molecule has 4 nitrogen and oxygen atoms in total. The predicted octanol–water partition coefficient (Wildman–Crippen LogP) is 1.17. The molecule has 0 saturated carbocycles. The van der Waals surface area contributed by atoms with Crippen LogP contribution in [0.2, 0.25) is 0 Å². The van der Waals surface area contributed by atoms with Gasteiger partial charge in [0, 0.05) is 31.4 Å². The highest BCUT2D eigenvalue weighted by atomic mass is 32.1. The lowest BCUT2D eigenvalue weighted by Crippen LogP contribution is -2.15. The van der Waals surface area contributed by atoms with Crippen molar-refractivity contribution in [2.45, 2.75) is 13.1 Å². The van der Waals surface area contributed by atoms with Gasteiger partial charge in [-0.1, -0.05) is 0 Å². The van der Waals surface area contributed by atoms with E-state index in [-0.39, 0.29) is 0 Å². The van der Waals surface area contributed by atoms with Crippen LogP contribution in [-0.2, 0) is 20.1 Å². The molecule has 1 N–H and O–H groups in total. The third-order valence-corrected chi connectivity index (χ3v) is 2.63. The third-order valence-electron chi connectivity index (χ3n) is 1.99. The van der Waals surface area contributed by atoms with E-state index in [1.165, 1.54) is 0 Å². The second-order valence-electron chi connectivity index (χ2n) is 3.04. The van der Waals surface area contributed by atoms with E-state index in [4.69, 9.17) is 0 Å². The molecule has 74 valence electrons. The van der Waals surface area contributed by atoms with E-state index in [2.05, 4.69) is 15.3 Å². The number of aromatic nitrogens is 3. The molecule has 0 atom stereocenters. The number of hydrogen-bond donors (Lipinski definition) is 1. The minimum atomic E-state index is 0.779. The van der Waals surface area contributed by atoms with Crippen molar-refractivity contribution >= 4 is 11.3 Å². The summed E-state index contributed by atoms with van der Waals surface area (Å²) in [5.74, 6) is 1.04. The molecule has 2 heterocycles. The monoisotopic (exact) mass is 208 g/mol. The highest BCUT2D eigenvalue weighted by Crippen LogP contribution is 2.00. The van der Waals surface area contributed by atoms with Gasteiger partial charge in [0.05, 0.1) is 17.7 Å². The lowest BCUT2D eigenvalue weighted by molar-refractivity contribution is 0.632. The third kappa shape index (κ3) is 2.18. The second-order valence-corrected chi connectivity index (χ2v) is 3.76. The van der Waals surface area contributed by atoms with Gasteiger partial charge in [0.2, 0.25) is 0 Å². The summed E-state index contributed by atoms with van der Waals surface area (Å²) in [5, 5.41) is 5.34. The van der Waals surface area contributed by atoms with Crippen LogP contribution in [0.5, 0.6) is 0 Å². The van der Waals surface area contributed by atoms with E-state index in [0.29, 0.717) is 0 Å². The molecule has 0 spiro atoms. The van der Waals surface area contributed by atoms with Crippen molar-refractivity contribution in [1.82, 2.24) is 19.9 Å². The van der Waals surface area contributed by atoms with Crippen molar-refractivity contribution < 1.29 is 0 Å². The van der Waals surface area contributed by atoms with Gasteiger partial charge in [0.25, 0.3) is 0 Å². The summed E-state index contributed by atoms with van der Waals surface area (Å²) in [4.78, 5) is 8.40. The van der Waals surface area contributed by atoms with E-state index in [0.717, 1.165) is 24.6 Å². The van der Waals surface area contributed by atoms with Gasteiger partial charge in [0.1, 0.15) is 5.82 Å². The van der Waals surface area contributed by atoms with Crippen LogP contribution in [0.15, 0.2) is 23.3 Å². The Kier molecular flexibility index (Phi) is 2.90. The average Bonchev–Trinajstić information content (AvgIpc) is 2.78. The number of thiazole rings is 1. The maximum absolute atomic E-state index is 4.22. The Morgan fingerprint density at radius 3 is 3.00 bits per heavy atom. The smallest absolute Gasteiger partial charge is 0.122 e. The zero-order chi connectivity index (χ0) is 9.80. The molecule has 2 aromatic rings. The topological polar surface area (TPSA) is 42.7 Å². The first-order valence-electron chi connectivity index (χ1n) is 4.40. The number of imidazole rings is 1. The van der Waals surface area contributed by atoms with Gasteiger partial charge >= 0.3 is 0 Å². The predicted molar refractivity (Wildman–Crippen MR) is 55.9 cm³/mol. The molecule has 0 aromatic carbocycles. The van der Waals surface area contributed by atoms with Crippen LogP contribution in [0.1, 0.15) is 11.5 Å². The van der Waals surface area contributed by atoms with Gasteiger partial charge < -0.3 is 9.88 Å². The zero-order valence-corrected chi connectivity index (χ0v) is 8.79. The van der Waals surface area contributed by atoms with Crippen LogP contribution in [0.25, 0.3) is 0 Å². The SMILES string of the molecule is Cn1ccnc1CNCc1cscn1. The zero-order valence-electron chi connectivity index (χ0n) is 7.97. The molecule has 0 fully saturated rings. The van der Waals surface area contributed by atoms with E-state index in [1.807, 2.05) is 28.7 Å². The minimum Gasteiger partial charge on any atom is -0.337 e. The van der Waals surface area contributed by atoms with Crippen LogP contribution in [0, 0.1) is 0 Å². The Labute approximate surface area is 86.6 Å². The fourth-order valence-electron chi connectivity index (χ4n) is 1.19. The molecule has 0 aliphatic heterocycles. The summed E-state index contributed by atoms with van der Waals surface area (Å²) in [5.41, 5.74) is 2.93. The van der Waals surface area contributed by atoms with Gasteiger partial charge in [-0.05, 0) is 0 Å². The fourth-order valence-corrected chi connectivity index (χ4v) is 1.75. The van der Waals surface area contributed by atoms with E-state index in [1.54, 1.807) is 17.5 Å². The Morgan fingerprint density at radius 1 is 1.43 bits per heavy atom. The van der Waals surface area contributed by atoms with Crippen molar-refractivity contribution in [3.05, 3.63) is 34.8 Å². The molecule has 0 unspecified atom stereocenters. The lowest BCUT2D eigenvalue weighted by atomic mass is 10.4. The van der Waals surface area contributed by atoms with Crippen molar-refractivity contribution in [2.75, 3.05) is 0 Å². The number of nitrogens with zero attached hydrogens (tertiary/aromatic N) is 3. The summed E-state index contributed by atoms with van der Waals surface area (Å²) in [7, 11) is 1.99. The van der Waals surface area contributed by atoms with E-state index in [9.17, 15) is 0 Å². The van der Waals surface area contributed by atoms with Gasteiger partial charge in [-0.25, -0.2) is 9.97 Å². The Balaban J connectivity index is 1.81. The largest absolute Gasteiger partial charge is 0.337 e. The standard InChI is InChI=1S/C9H12N4S/c1-13-3-2-11-9(13)5-10-4-8-6-14-7-12-8/h2-3,6-7,10H,4-5H2,1H3. The average molecular weight is 208 g/mol. The van der Waals surface area contributed by atoms with Gasteiger partial charge in [-0.15, -0.1) is 11.3 Å². The van der Waals surface area contributed by atoms with Crippen molar-refractivity contribution in [1.29, 1.82) is 0 Å². The summed E-state index contributed by atoms with van der Waals surface area (Å²) >= 11 is 1.62. The maximum atomic E-state index is 4.22. The molecule has 5 heteroatoms. The highest BCUT2D eigenvalue weighted by Gasteiger charge is 1.98. The molecule has 0 aliphatic carbocycles. The maximum Gasteiger partial charge on any atom is 0.122 e. The van der Waals surface area contributed by atoms with Crippen LogP contribution >= 0.6 is 11.3 Å². The van der Waals surface area contributed by atoms with Crippen molar-refractivity contribution in [3.63, 3.8) is 0 Å². The number of nitrogens with one attached hydrogen (secondary N) is 1. The molecule has 0 amide bonds. The molecule has 0 radical (unpaired) electrons. The highest BCUT2D eigenvalue weighted by molar-refractivity contribution is 7.07. The molecule has 0 aliphatic rings. The van der Waals surface area contributed by atoms with Crippen molar-refractivity contribution in [3.8, 4) is 0 Å². The lowest BCUT2D eigenvalue weighted by Gasteiger charge is -2.02. The van der Waals surface area contributed by atoms with Gasteiger partial charge in [0.15, 0.2) is 0 Å². The minimum absolute atomic E-state index is 0.779. The fraction of sp³-hybridized carbons (Fsp3) is 0.333. The molecule has 0 bridgehead atoms. The number of rotatable bonds is 4. The first-order valence-corrected chi connectivity index (χ1v) is 5.34. The number of hydrogen-bond acceptors (Lipinski definition) is 4. The molecule has 2 aromatic heterocycles. The van der Waals surface area contributed by atoms with Gasteiger partial charge in [-0.3, -0.25) is 0 Å². The Hall–Kier alpha value is -1.20. The first-order chi connectivity index (χ1) is 6.86. The van der Waals surface area contributed by atoms with Crippen LogP contribution in [0.4, 0.5) is 0 Å². The molecule has 14 heavy (non-hydrogen) atoms. The van der Waals surface area contributed by atoms with Crippen LogP contribution in [-0.4, -0.2) is 14.5 Å². The summed E-state index contributed by atoms with van der Waals surface area (Å²) in [6, 6.07) is 0. The summed E-state index contributed by atoms with van der Waals surface area (Å²) in [6.07, 6.45) is 3.75. The van der Waals surface area contributed by atoms with E-state index >= 15 is 0 Å². The first kappa shape index (κ1) is 9.36.